The van der Waals surface area contributed by atoms with Gasteiger partial charge in [-0.05, 0) is 24.1 Å². The van der Waals surface area contributed by atoms with Crippen LogP contribution in [0.15, 0.2) is 18.2 Å². The predicted molar refractivity (Wildman–Crippen MR) is 44.9 cm³/mol. The van der Waals surface area contributed by atoms with Crippen LogP contribution in [0.3, 0.4) is 0 Å². The average molecular weight is 146 g/mol. The van der Waals surface area contributed by atoms with Gasteiger partial charge in [0.15, 0.2) is 0 Å². The van der Waals surface area contributed by atoms with Crippen molar-refractivity contribution in [3.63, 3.8) is 0 Å². The Morgan fingerprint density at radius 3 is 2.82 bits per heavy atom. The molecule has 0 aromatic heterocycles. The smallest absolute Gasteiger partial charge is 0.0670 e. The molecule has 0 atom stereocenters. The van der Waals surface area contributed by atoms with Gasteiger partial charge < -0.3 is 5.73 Å². The molecule has 2 heteroatoms. The second-order valence-electron chi connectivity index (χ2n) is 2.48. The molecule has 0 fully saturated rings. The molecule has 0 saturated carbocycles. The van der Waals surface area contributed by atoms with Crippen molar-refractivity contribution in [2.24, 2.45) is 0 Å². The number of nitrogen functional groups attached to an aromatic ring is 1. The molecule has 0 aliphatic heterocycles. The first-order chi connectivity index (χ1) is 5.25. The second kappa shape index (κ2) is 3.07. The fraction of sp³-hybridized carbons (Fsp3) is 0.222. The standard InChI is InChI=1S/C9H10N2/c1-7-3-2-4-9(11)8(7)5-6-10/h2-4H,5,11H2,1H3. The summed E-state index contributed by atoms with van der Waals surface area (Å²) in [4.78, 5) is 0. The van der Waals surface area contributed by atoms with E-state index in [9.17, 15) is 0 Å². The Morgan fingerprint density at radius 2 is 2.27 bits per heavy atom. The number of hydrogen-bond donors (Lipinski definition) is 1. The van der Waals surface area contributed by atoms with Gasteiger partial charge in [-0.15, -0.1) is 0 Å². The largest absolute Gasteiger partial charge is 0.398 e. The fourth-order valence-corrected chi connectivity index (χ4v) is 1.05. The van der Waals surface area contributed by atoms with E-state index in [-0.39, 0.29) is 0 Å². The summed E-state index contributed by atoms with van der Waals surface area (Å²) in [5, 5.41) is 8.46. The Kier molecular flexibility index (Phi) is 2.12. The summed E-state index contributed by atoms with van der Waals surface area (Å²) in [7, 11) is 0. The van der Waals surface area contributed by atoms with Crippen LogP contribution in [0.2, 0.25) is 0 Å². The van der Waals surface area contributed by atoms with Gasteiger partial charge in [-0.1, -0.05) is 12.1 Å². The summed E-state index contributed by atoms with van der Waals surface area (Å²) in [6, 6.07) is 7.76. The average Bonchev–Trinajstić information content (AvgIpc) is 1.97. The van der Waals surface area contributed by atoms with Crippen molar-refractivity contribution in [1.82, 2.24) is 0 Å². The number of nitriles is 1. The highest BCUT2D eigenvalue weighted by Gasteiger charge is 1.99. The highest BCUT2D eigenvalue weighted by atomic mass is 14.6. The van der Waals surface area contributed by atoms with Crippen LogP contribution in [-0.4, -0.2) is 0 Å². The van der Waals surface area contributed by atoms with E-state index in [4.69, 9.17) is 11.0 Å². The maximum atomic E-state index is 8.46. The van der Waals surface area contributed by atoms with Crippen molar-refractivity contribution in [3.05, 3.63) is 29.3 Å². The number of hydrogen-bond acceptors (Lipinski definition) is 2. The molecule has 0 aliphatic rings. The molecular formula is C9H10N2. The maximum absolute atomic E-state index is 8.46. The molecule has 1 aromatic carbocycles. The lowest BCUT2D eigenvalue weighted by atomic mass is 10.0. The molecule has 0 saturated heterocycles. The maximum Gasteiger partial charge on any atom is 0.0670 e. The summed E-state index contributed by atoms with van der Waals surface area (Å²) in [5.74, 6) is 0. The summed E-state index contributed by atoms with van der Waals surface area (Å²) >= 11 is 0. The molecule has 56 valence electrons. The molecule has 0 aliphatic carbocycles. The van der Waals surface area contributed by atoms with Gasteiger partial charge in [-0.3, -0.25) is 0 Å². The van der Waals surface area contributed by atoms with Crippen LogP contribution in [0.5, 0.6) is 0 Å². The van der Waals surface area contributed by atoms with Crippen LogP contribution in [-0.2, 0) is 6.42 Å². The van der Waals surface area contributed by atoms with Gasteiger partial charge in [-0.2, -0.15) is 5.26 Å². The van der Waals surface area contributed by atoms with E-state index in [1.54, 1.807) is 0 Å². The van der Waals surface area contributed by atoms with Crippen molar-refractivity contribution in [1.29, 1.82) is 5.26 Å². The number of anilines is 1. The highest BCUT2D eigenvalue weighted by molar-refractivity contribution is 5.51. The molecule has 0 heterocycles. The van der Waals surface area contributed by atoms with E-state index in [0.717, 1.165) is 11.1 Å². The molecule has 0 amide bonds. The number of rotatable bonds is 1. The van der Waals surface area contributed by atoms with Crippen LogP contribution >= 0.6 is 0 Å². The molecule has 0 bridgehead atoms. The predicted octanol–water partition coefficient (Wildman–Crippen LogP) is 1.64. The van der Waals surface area contributed by atoms with Crippen LogP contribution < -0.4 is 5.73 Å². The summed E-state index contributed by atoms with van der Waals surface area (Å²) in [6.07, 6.45) is 0.401. The zero-order valence-electron chi connectivity index (χ0n) is 6.46. The Balaban J connectivity index is 3.12. The number of nitrogens with two attached hydrogens (primary N) is 1. The van der Waals surface area contributed by atoms with Crippen molar-refractivity contribution >= 4 is 5.69 Å². The number of nitrogens with zero attached hydrogens (tertiary/aromatic N) is 1. The van der Waals surface area contributed by atoms with E-state index >= 15 is 0 Å². The second-order valence-corrected chi connectivity index (χ2v) is 2.48. The van der Waals surface area contributed by atoms with Gasteiger partial charge in [0.1, 0.15) is 0 Å². The highest BCUT2D eigenvalue weighted by Crippen LogP contribution is 2.15. The lowest BCUT2D eigenvalue weighted by Gasteiger charge is -2.03. The minimum absolute atomic E-state index is 0.401. The molecule has 1 rings (SSSR count). The van der Waals surface area contributed by atoms with E-state index in [2.05, 4.69) is 6.07 Å². The van der Waals surface area contributed by atoms with Gasteiger partial charge in [0.25, 0.3) is 0 Å². The molecule has 2 N–H and O–H groups in total. The molecule has 11 heavy (non-hydrogen) atoms. The first kappa shape index (κ1) is 7.62. The molecule has 1 aromatic rings. The molecule has 0 radical (unpaired) electrons. The first-order valence-corrected chi connectivity index (χ1v) is 3.46. The normalized spacial score (nSPS) is 9.09. The lowest BCUT2D eigenvalue weighted by molar-refractivity contribution is 1.22. The number of aryl methyl sites for hydroxylation is 1. The Hall–Kier alpha value is -1.49. The van der Waals surface area contributed by atoms with Crippen molar-refractivity contribution in [3.8, 4) is 6.07 Å². The minimum atomic E-state index is 0.401. The minimum Gasteiger partial charge on any atom is -0.398 e. The van der Waals surface area contributed by atoms with E-state index in [1.807, 2.05) is 25.1 Å². The third-order valence-corrected chi connectivity index (χ3v) is 1.70. The summed E-state index contributed by atoms with van der Waals surface area (Å²) < 4.78 is 0. The lowest BCUT2D eigenvalue weighted by Crippen LogP contribution is -1.95. The van der Waals surface area contributed by atoms with Gasteiger partial charge in [0, 0.05) is 5.69 Å². The molecule has 2 nitrogen and oxygen atoms in total. The topological polar surface area (TPSA) is 49.8 Å². The SMILES string of the molecule is Cc1cccc(N)c1CC#N. The fourth-order valence-electron chi connectivity index (χ4n) is 1.05. The van der Waals surface area contributed by atoms with Crippen LogP contribution in [0.25, 0.3) is 0 Å². The Bertz CT molecular complexity index is 277. The van der Waals surface area contributed by atoms with Crippen molar-refractivity contribution in [2.45, 2.75) is 13.3 Å². The third-order valence-electron chi connectivity index (χ3n) is 1.70. The van der Waals surface area contributed by atoms with Gasteiger partial charge in [0.2, 0.25) is 0 Å². The number of benzene rings is 1. The van der Waals surface area contributed by atoms with Crippen LogP contribution in [0.4, 0.5) is 5.69 Å². The zero-order chi connectivity index (χ0) is 8.27. The zero-order valence-corrected chi connectivity index (χ0v) is 6.46. The summed E-state index contributed by atoms with van der Waals surface area (Å²) in [5.41, 5.74) is 8.41. The van der Waals surface area contributed by atoms with Gasteiger partial charge in [-0.25, -0.2) is 0 Å². The first-order valence-electron chi connectivity index (χ1n) is 3.46. The Morgan fingerprint density at radius 1 is 1.55 bits per heavy atom. The van der Waals surface area contributed by atoms with E-state index in [0.29, 0.717) is 12.1 Å². The van der Waals surface area contributed by atoms with E-state index < -0.39 is 0 Å². The van der Waals surface area contributed by atoms with Crippen molar-refractivity contribution in [2.75, 3.05) is 5.73 Å². The van der Waals surface area contributed by atoms with Crippen molar-refractivity contribution < 1.29 is 0 Å². The summed E-state index contributed by atoms with van der Waals surface area (Å²) in [6.45, 7) is 1.96. The van der Waals surface area contributed by atoms with Gasteiger partial charge in [0.05, 0.1) is 12.5 Å². The molecule has 0 unspecified atom stereocenters. The third kappa shape index (κ3) is 1.50. The molecular weight excluding hydrogens is 136 g/mol. The Labute approximate surface area is 66.3 Å². The van der Waals surface area contributed by atoms with Gasteiger partial charge >= 0.3 is 0 Å². The monoisotopic (exact) mass is 146 g/mol. The molecule has 0 spiro atoms. The van der Waals surface area contributed by atoms with E-state index in [1.165, 1.54) is 0 Å². The van der Waals surface area contributed by atoms with Crippen LogP contribution in [0, 0.1) is 18.3 Å². The quantitative estimate of drug-likeness (QED) is 0.612. The van der Waals surface area contributed by atoms with Crippen LogP contribution in [0.1, 0.15) is 11.1 Å².